The van der Waals surface area contributed by atoms with Gasteiger partial charge < -0.3 is 15.0 Å². The molecule has 2 rings (SSSR count). The Hall–Kier alpha value is -1.64. The summed E-state index contributed by atoms with van der Waals surface area (Å²) in [5.41, 5.74) is 0.686. The van der Waals surface area contributed by atoms with E-state index < -0.39 is 0 Å². The van der Waals surface area contributed by atoms with Gasteiger partial charge in [0.1, 0.15) is 12.3 Å². The van der Waals surface area contributed by atoms with Crippen molar-refractivity contribution in [2.24, 2.45) is 10.9 Å². The summed E-state index contributed by atoms with van der Waals surface area (Å²) in [6, 6.07) is -0.0937. The molecule has 1 amide bonds. The van der Waals surface area contributed by atoms with Crippen molar-refractivity contribution >= 4 is 24.1 Å². The Kier molecular flexibility index (Phi) is 10.3. The molecule has 0 aromatic carbocycles. The van der Waals surface area contributed by atoms with Crippen LogP contribution in [-0.4, -0.2) is 62.1 Å². The van der Waals surface area contributed by atoms with E-state index >= 15 is 0 Å². The maximum atomic E-state index is 12.8. The van der Waals surface area contributed by atoms with Crippen LogP contribution in [0.15, 0.2) is 40.9 Å². The number of carbonyl (C=O) groups excluding carboxylic acids is 1. The number of halogens is 1. The van der Waals surface area contributed by atoms with Gasteiger partial charge in [-0.05, 0) is 13.0 Å². The molecule has 2 unspecified atom stereocenters. The molecule has 0 saturated heterocycles. The lowest BCUT2D eigenvalue weighted by atomic mass is 9.85. The van der Waals surface area contributed by atoms with Crippen LogP contribution in [0.2, 0.25) is 0 Å². The Morgan fingerprint density at radius 2 is 2.07 bits per heavy atom. The van der Waals surface area contributed by atoms with Crippen molar-refractivity contribution in [3.63, 3.8) is 0 Å². The molecule has 0 fully saturated rings. The maximum Gasteiger partial charge on any atom is 0.248 e. The van der Waals surface area contributed by atoms with Crippen LogP contribution in [0.1, 0.15) is 26.7 Å². The quantitative estimate of drug-likeness (QED) is 0.383. The zero-order chi connectivity index (χ0) is 20.2. The monoisotopic (exact) mass is 410 g/mol. The zero-order valence-corrected chi connectivity index (χ0v) is 17.5. The Morgan fingerprint density at radius 3 is 2.82 bits per heavy atom. The lowest BCUT2D eigenvalue weighted by Crippen LogP contribution is -2.40. The van der Waals surface area contributed by atoms with Gasteiger partial charge in [-0.3, -0.25) is 4.79 Å². The van der Waals surface area contributed by atoms with Gasteiger partial charge in [0.2, 0.25) is 11.8 Å². The third-order valence-corrected chi connectivity index (χ3v) is 5.09. The highest BCUT2D eigenvalue weighted by Gasteiger charge is 2.30. The number of carbonyl (C=O) groups is 1. The molecule has 0 aromatic heterocycles. The molecular formula is C20H31FN4O2S. The van der Waals surface area contributed by atoms with Crippen molar-refractivity contribution in [2.45, 2.75) is 32.7 Å². The molecule has 2 atom stereocenters. The summed E-state index contributed by atoms with van der Waals surface area (Å²) in [6.45, 7) is 8.15. The third-order valence-electron chi connectivity index (χ3n) is 4.78. The summed E-state index contributed by atoms with van der Waals surface area (Å²) in [4.78, 5) is 19.6. The molecule has 0 spiro atoms. The van der Waals surface area contributed by atoms with Gasteiger partial charge in [0.25, 0.3) is 0 Å². The number of ether oxygens (including phenoxy) is 1. The minimum atomic E-state index is -0.0937. The molecule has 0 aromatic rings. The number of unbranched alkanes of at least 4 members (excludes halogenated alkanes) is 1. The number of allylic oxidation sites excluding steroid dienone is 2. The number of dihydropyridines is 1. The highest BCUT2D eigenvalue weighted by atomic mass is 32.2. The van der Waals surface area contributed by atoms with Crippen LogP contribution in [0.4, 0.5) is 3.89 Å². The van der Waals surface area contributed by atoms with Crippen LogP contribution in [0.25, 0.3) is 0 Å². The van der Waals surface area contributed by atoms with Gasteiger partial charge >= 0.3 is 0 Å². The molecule has 2 N–H and O–H groups in total. The number of fused-ring (bicyclic) bond motifs is 1. The number of likely N-dealkylation sites (N-methyl/N-ethyl adjacent to an activating group) is 1. The van der Waals surface area contributed by atoms with E-state index in [-0.39, 0.29) is 30.2 Å². The van der Waals surface area contributed by atoms with E-state index in [0.717, 1.165) is 25.9 Å². The fourth-order valence-corrected chi connectivity index (χ4v) is 3.31. The van der Waals surface area contributed by atoms with E-state index in [4.69, 9.17) is 4.74 Å². The van der Waals surface area contributed by atoms with Gasteiger partial charge in [0.15, 0.2) is 0 Å². The van der Waals surface area contributed by atoms with Crippen LogP contribution in [-0.2, 0) is 9.53 Å². The number of nitrogens with zero attached hydrogens (tertiary/aromatic N) is 2. The molecule has 28 heavy (non-hydrogen) atoms. The van der Waals surface area contributed by atoms with Gasteiger partial charge in [-0.1, -0.05) is 44.6 Å². The van der Waals surface area contributed by atoms with Crippen molar-refractivity contribution in [3.05, 3.63) is 36.0 Å². The highest BCUT2D eigenvalue weighted by Crippen LogP contribution is 2.28. The summed E-state index contributed by atoms with van der Waals surface area (Å²) >= 11 is 0.130. The van der Waals surface area contributed by atoms with Crippen molar-refractivity contribution in [3.8, 4) is 0 Å². The molecule has 1 aliphatic carbocycles. The summed E-state index contributed by atoms with van der Waals surface area (Å²) in [6.07, 6.45) is 11.7. The maximum absolute atomic E-state index is 12.8. The largest absolute Gasteiger partial charge is 0.478 e. The second-order valence-electron chi connectivity index (χ2n) is 6.72. The van der Waals surface area contributed by atoms with E-state index in [2.05, 4.69) is 26.9 Å². The molecule has 0 bridgehead atoms. The van der Waals surface area contributed by atoms with E-state index in [1.165, 1.54) is 0 Å². The van der Waals surface area contributed by atoms with E-state index in [0.29, 0.717) is 37.7 Å². The summed E-state index contributed by atoms with van der Waals surface area (Å²) in [5, 5.41) is 3.01. The van der Waals surface area contributed by atoms with Crippen LogP contribution < -0.4 is 10.0 Å². The number of aliphatic imine (C=N–C) groups is 1. The summed E-state index contributed by atoms with van der Waals surface area (Å²) in [5.74, 6) is 0.385. The molecule has 0 radical (unpaired) electrons. The molecule has 2 aliphatic rings. The zero-order valence-electron chi connectivity index (χ0n) is 16.7. The molecule has 156 valence electrons. The molecule has 1 heterocycles. The fourth-order valence-electron chi connectivity index (χ4n) is 3.14. The summed E-state index contributed by atoms with van der Waals surface area (Å²) < 4.78 is 20.4. The SMILES string of the molecule is CCCCOC1=NC2C=CC=CC2C(C(=O)NCCN(CC)CCNSF)=C1. The Morgan fingerprint density at radius 1 is 1.29 bits per heavy atom. The van der Waals surface area contributed by atoms with E-state index in [1.54, 1.807) is 6.08 Å². The Bertz CT molecular complexity index is 621. The van der Waals surface area contributed by atoms with Crippen LogP contribution >= 0.6 is 12.3 Å². The predicted octanol–water partition coefficient (Wildman–Crippen LogP) is 2.81. The molecule has 0 saturated carbocycles. The Balaban J connectivity index is 1.92. The van der Waals surface area contributed by atoms with E-state index in [1.807, 2.05) is 31.2 Å². The van der Waals surface area contributed by atoms with Gasteiger partial charge in [-0.25, -0.2) is 9.71 Å². The molecule has 8 heteroatoms. The smallest absolute Gasteiger partial charge is 0.248 e. The normalized spacial score (nSPS) is 20.6. The van der Waals surface area contributed by atoms with E-state index in [9.17, 15) is 8.68 Å². The molecular weight excluding hydrogens is 379 g/mol. The standard InChI is InChI=1S/C20H31FN4O2S/c1-3-5-14-27-19-15-17(16-8-6-7-9-18(16)24-19)20(26)22-10-12-25(4-2)13-11-23-28-21/h6-9,15-16,18,23H,3-5,10-14H2,1-2H3,(H,22,26). The fraction of sp³-hybridized carbons (Fsp3) is 0.600. The van der Waals surface area contributed by atoms with Gasteiger partial charge in [0.05, 0.1) is 12.6 Å². The number of hydrogen-bond acceptors (Lipinski definition) is 6. The number of rotatable bonds is 12. The second-order valence-corrected chi connectivity index (χ2v) is 7.16. The second kappa shape index (κ2) is 12.7. The summed E-state index contributed by atoms with van der Waals surface area (Å²) in [7, 11) is 0. The van der Waals surface area contributed by atoms with Crippen LogP contribution in [0, 0.1) is 5.92 Å². The minimum Gasteiger partial charge on any atom is -0.478 e. The lowest BCUT2D eigenvalue weighted by molar-refractivity contribution is -0.118. The minimum absolute atomic E-state index is 0.0587. The first kappa shape index (κ1) is 22.6. The topological polar surface area (TPSA) is 66.0 Å². The first-order valence-corrected chi connectivity index (χ1v) is 10.7. The first-order valence-electron chi connectivity index (χ1n) is 9.97. The predicted molar refractivity (Wildman–Crippen MR) is 114 cm³/mol. The highest BCUT2D eigenvalue weighted by molar-refractivity contribution is 7.92. The van der Waals surface area contributed by atoms with Gasteiger partial charge in [0, 0.05) is 43.7 Å². The third kappa shape index (κ3) is 7.07. The van der Waals surface area contributed by atoms with Crippen LogP contribution in [0.5, 0.6) is 0 Å². The van der Waals surface area contributed by atoms with Crippen molar-refractivity contribution in [1.82, 2.24) is 14.9 Å². The van der Waals surface area contributed by atoms with Gasteiger partial charge in [-0.15, -0.1) is 3.89 Å². The Labute approximate surface area is 171 Å². The van der Waals surface area contributed by atoms with Crippen molar-refractivity contribution in [2.75, 3.05) is 39.3 Å². The molecule has 1 aliphatic heterocycles. The van der Waals surface area contributed by atoms with Crippen molar-refractivity contribution < 1.29 is 13.4 Å². The van der Waals surface area contributed by atoms with Gasteiger partial charge in [-0.2, -0.15) is 0 Å². The van der Waals surface area contributed by atoms with Crippen molar-refractivity contribution in [1.29, 1.82) is 0 Å². The number of hydrogen-bond donors (Lipinski definition) is 2. The first-order chi connectivity index (χ1) is 13.7. The average molecular weight is 411 g/mol. The van der Waals surface area contributed by atoms with Crippen LogP contribution in [0.3, 0.4) is 0 Å². The number of amides is 1. The average Bonchev–Trinajstić information content (AvgIpc) is 2.72. The number of nitrogens with one attached hydrogen (secondary N) is 2. The molecule has 6 nitrogen and oxygen atoms in total. The lowest BCUT2D eigenvalue weighted by Gasteiger charge is -2.28.